The van der Waals surface area contributed by atoms with Gasteiger partial charge in [0, 0.05) is 7.05 Å². The molecule has 5 heteroatoms. The van der Waals surface area contributed by atoms with E-state index < -0.39 is 0 Å². The summed E-state index contributed by atoms with van der Waals surface area (Å²) in [6, 6.07) is 5.70. The van der Waals surface area contributed by atoms with Gasteiger partial charge in [0.05, 0.1) is 7.11 Å². The lowest BCUT2D eigenvalue weighted by Gasteiger charge is -2.11. The third kappa shape index (κ3) is 2.07. The predicted molar refractivity (Wildman–Crippen MR) is 70.1 cm³/mol. The second kappa shape index (κ2) is 4.52. The third-order valence-electron chi connectivity index (χ3n) is 2.86. The van der Waals surface area contributed by atoms with Gasteiger partial charge < -0.3 is 15.4 Å². The molecule has 1 aromatic carbocycles. The van der Waals surface area contributed by atoms with Crippen LogP contribution in [0.2, 0.25) is 0 Å². The molecule has 5 nitrogen and oxygen atoms in total. The summed E-state index contributed by atoms with van der Waals surface area (Å²) in [5, 5.41) is 0. The molecule has 2 N–H and O–H groups in total. The van der Waals surface area contributed by atoms with E-state index >= 15 is 0 Å². The Labute approximate surface area is 106 Å². The summed E-state index contributed by atoms with van der Waals surface area (Å²) in [4.78, 5) is 16.9. The number of ether oxygens (including phenoxy) is 1. The Bertz CT molecular complexity index is 561. The monoisotopic (exact) mass is 245 g/mol. The van der Waals surface area contributed by atoms with Gasteiger partial charge in [-0.25, -0.2) is 0 Å². The topological polar surface area (TPSA) is 67.9 Å². The lowest BCUT2D eigenvalue weighted by Crippen LogP contribution is -2.28. The average Bonchev–Trinajstić information content (AvgIpc) is 2.56. The highest BCUT2D eigenvalue weighted by Crippen LogP contribution is 2.22. The smallest absolute Gasteiger partial charge is 0.296 e. The number of guanidine groups is 1. The SMILES string of the molecule is COc1ccc(/C=C2\C(=O)N=C(N)N2C)cc1C. The normalized spacial score (nSPS) is 17.3. The van der Waals surface area contributed by atoms with Crippen LogP contribution in [0.3, 0.4) is 0 Å². The molecule has 1 aromatic rings. The summed E-state index contributed by atoms with van der Waals surface area (Å²) in [5.41, 5.74) is 7.97. The van der Waals surface area contributed by atoms with Crippen molar-refractivity contribution in [3.05, 3.63) is 35.0 Å². The largest absolute Gasteiger partial charge is 0.496 e. The highest BCUT2D eigenvalue weighted by Gasteiger charge is 2.23. The molecule has 1 aliphatic rings. The van der Waals surface area contributed by atoms with Crippen molar-refractivity contribution in [3.63, 3.8) is 0 Å². The maximum absolute atomic E-state index is 11.6. The fraction of sp³-hybridized carbons (Fsp3) is 0.231. The molecule has 0 spiro atoms. The van der Waals surface area contributed by atoms with Gasteiger partial charge in [-0.2, -0.15) is 4.99 Å². The standard InChI is InChI=1S/C13H15N3O2/c1-8-6-9(4-5-11(8)18-3)7-10-12(17)15-13(14)16(10)2/h4-7H,1-3H3,(H2,14,15,17)/b10-7+. The first-order valence-electron chi connectivity index (χ1n) is 5.51. The fourth-order valence-electron chi connectivity index (χ4n) is 1.81. The van der Waals surface area contributed by atoms with Crippen LogP contribution in [-0.2, 0) is 4.79 Å². The van der Waals surface area contributed by atoms with E-state index in [1.165, 1.54) is 0 Å². The number of carbonyl (C=O) groups is 1. The summed E-state index contributed by atoms with van der Waals surface area (Å²) < 4.78 is 5.19. The Balaban J connectivity index is 2.35. The number of nitrogens with two attached hydrogens (primary N) is 1. The molecule has 0 radical (unpaired) electrons. The first kappa shape index (κ1) is 12.2. The van der Waals surface area contributed by atoms with Crippen molar-refractivity contribution in [2.75, 3.05) is 14.2 Å². The molecule has 18 heavy (non-hydrogen) atoms. The molecule has 0 aliphatic carbocycles. The second-order valence-corrected chi connectivity index (χ2v) is 4.09. The van der Waals surface area contributed by atoms with Crippen molar-refractivity contribution in [1.82, 2.24) is 4.90 Å². The summed E-state index contributed by atoms with van der Waals surface area (Å²) in [6.45, 7) is 1.95. The number of benzene rings is 1. The van der Waals surface area contributed by atoms with Crippen LogP contribution >= 0.6 is 0 Å². The van der Waals surface area contributed by atoms with Gasteiger partial charge in [-0.05, 0) is 36.3 Å². The van der Waals surface area contributed by atoms with Crippen molar-refractivity contribution < 1.29 is 9.53 Å². The van der Waals surface area contributed by atoms with E-state index in [9.17, 15) is 4.79 Å². The van der Waals surface area contributed by atoms with Crippen LogP contribution in [0, 0.1) is 6.92 Å². The molecule has 0 saturated heterocycles. The minimum absolute atomic E-state index is 0.219. The second-order valence-electron chi connectivity index (χ2n) is 4.09. The number of hydrogen-bond acceptors (Lipinski definition) is 4. The number of methoxy groups -OCH3 is 1. The van der Waals surface area contributed by atoms with Gasteiger partial charge in [0.25, 0.3) is 5.91 Å². The molecule has 0 atom stereocenters. The van der Waals surface area contributed by atoms with Gasteiger partial charge in [-0.3, -0.25) is 4.79 Å². The molecule has 0 saturated carbocycles. The van der Waals surface area contributed by atoms with Crippen LogP contribution in [0.1, 0.15) is 11.1 Å². The van der Waals surface area contributed by atoms with Crippen LogP contribution < -0.4 is 10.5 Å². The summed E-state index contributed by atoms with van der Waals surface area (Å²) >= 11 is 0. The van der Waals surface area contributed by atoms with E-state index in [1.54, 1.807) is 25.1 Å². The van der Waals surface area contributed by atoms with E-state index in [0.717, 1.165) is 16.9 Å². The van der Waals surface area contributed by atoms with E-state index in [1.807, 2.05) is 25.1 Å². The number of likely N-dealkylation sites (N-methyl/N-ethyl adjacent to an activating group) is 1. The number of aryl methyl sites for hydroxylation is 1. The highest BCUT2D eigenvalue weighted by molar-refractivity contribution is 6.11. The van der Waals surface area contributed by atoms with Crippen LogP contribution in [0.4, 0.5) is 0 Å². The first-order valence-corrected chi connectivity index (χ1v) is 5.51. The van der Waals surface area contributed by atoms with E-state index in [-0.39, 0.29) is 11.9 Å². The number of nitrogens with zero attached hydrogens (tertiary/aromatic N) is 2. The minimum atomic E-state index is -0.316. The number of hydrogen-bond donors (Lipinski definition) is 1. The Hall–Kier alpha value is -2.30. The van der Waals surface area contributed by atoms with Gasteiger partial charge >= 0.3 is 0 Å². The third-order valence-corrected chi connectivity index (χ3v) is 2.86. The zero-order valence-electron chi connectivity index (χ0n) is 10.6. The number of carbonyl (C=O) groups excluding carboxylic acids is 1. The van der Waals surface area contributed by atoms with Crippen molar-refractivity contribution in [3.8, 4) is 5.75 Å². The van der Waals surface area contributed by atoms with Crippen LogP contribution in [0.25, 0.3) is 6.08 Å². The predicted octanol–water partition coefficient (Wildman–Crippen LogP) is 1.13. The first-order chi connectivity index (χ1) is 8.52. The Morgan fingerprint density at radius 1 is 1.44 bits per heavy atom. The number of aliphatic imine (C=N–C) groups is 1. The molecule has 0 unspecified atom stereocenters. The fourth-order valence-corrected chi connectivity index (χ4v) is 1.81. The Kier molecular flexibility index (Phi) is 3.06. The van der Waals surface area contributed by atoms with Gasteiger partial charge in [0.15, 0.2) is 0 Å². The quantitative estimate of drug-likeness (QED) is 0.793. The summed E-state index contributed by atoms with van der Waals surface area (Å²) in [6.07, 6.45) is 1.76. The van der Waals surface area contributed by atoms with Crippen molar-refractivity contribution in [1.29, 1.82) is 0 Å². The van der Waals surface area contributed by atoms with E-state index in [2.05, 4.69) is 4.99 Å². The van der Waals surface area contributed by atoms with Crippen molar-refractivity contribution in [2.24, 2.45) is 10.7 Å². The van der Waals surface area contributed by atoms with Gasteiger partial charge in [-0.1, -0.05) is 6.07 Å². The van der Waals surface area contributed by atoms with Gasteiger partial charge in [0.1, 0.15) is 11.4 Å². The highest BCUT2D eigenvalue weighted by atomic mass is 16.5. The van der Waals surface area contributed by atoms with Crippen LogP contribution in [0.15, 0.2) is 28.9 Å². The maximum Gasteiger partial charge on any atom is 0.296 e. The van der Waals surface area contributed by atoms with Crippen LogP contribution in [-0.4, -0.2) is 30.9 Å². The lowest BCUT2D eigenvalue weighted by atomic mass is 10.1. The Morgan fingerprint density at radius 2 is 2.17 bits per heavy atom. The summed E-state index contributed by atoms with van der Waals surface area (Å²) in [5.74, 6) is 0.721. The lowest BCUT2D eigenvalue weighted by molar-refractivity contribution is -0.114. The van der Waals surface area contributed by atoms with Gasteiger partial charge in [0.2, 0.25) is 5.96 Å². The molecule has 94 valence electrons. The molecule has 2 rings (SSSR count). The van der Waals surface area contributed by atoms with E-state index in [4.69, 9.17) is 10.5 Å². The molecule has 1 heterocycles. The minimum Gasteiger partial charge on any atom is -0.496 e. The molecule has 1 aliphatic heterocycles. The Morgan fingerprint density at radius 3 is 2.67 bits per heavy atom. The summed E-state index contributed by atoms with van der Waals surface area (Å²) in [7, 11) is 3.34. The number of amides is 1. The molecular weight excluding hydrogens is 230 g/mol. The zero-order chi connectivity index (χ0) is 13.3. The molecule has 1 amide bonds. The van der Waals surface area contributed by atoms with E-state index in [0.29, 0.717) is 5.70 Å². The maximum atomic E-state index is 11.6. The molecule has 0 fully saturated rings. The average molecular weight is 245 g/mol. The number of rotatable bonds is 2. The molecule has 0 bridgehead atoms. The zero-order valence-corrected chi connectivity index (χ0v) is 10.6. The molecular formula is C13H15N3O2. The van der Waals surface area contributed by atoms with Crippen molar-refractivity contribution >= 4 is 17.9 Å². The van der Waals surface area contributed by atoms with Crippen molar-refractivity contribution in [2.45, 2.75) is 6.92 Å². The van der Waals surface area contributed by atoms with Gasteiger partial charge in [-0.15, -0.1) is 0 Å². The molecule has 0 aromatic heterocycles. The van der Waals surface area contributed by atoms with Crippen LogP contribution in [0.5, 0.6) is 5.75 Å².